The lowest BCUT2D eigenvalue weighted by Crippen LogP contribution is -2.28. The summed E-state index contributed by atoms with van der Waals surface area (Å²) in [6.07, 6.45) is 6.26. The van der Waals surface area contributed by atoms with Crippen LogP contribution < -0.4 is 15.0 Å². The summed E-state index contributed by atoms with van der Waals surface area (Å²) < 4.78 is 15.3. The van der Waals surface area contributed by atoms with Gasteiger partial charge in [-0.15, -0.1) is 0 Å². The molecule has 1 heterocycles. The molecule has 0 unspecified atom stereocenters. The van der Waals surface area contributed by atoms with Crippen molar-refractivity contribution in [3.8, 4) is 5.75 Å². The van der Waals surface area contributed by atoms with Crippen LogP contribution in [0, 0.1) is 0 Å². The van der Waals surface area contributed by atoms with Crippen molar-refractivity contribution in [1.82, 2.24) is 0 Å². The highest BCUT2D eigenvalue weighted by atomic mass is 16.5. The SMILES string of the molecule is CCOc1cccc(NC(=O)c2ccccc2N2C=CC=CC(C(=O)OC)=C2C(=O)OC)c1. The van der Waals surface area contributed by atoms with Crippen LogP contribution in [0.4, 0.5) is 11.4 Å². The molecule has 0 atom stereocenters. The largest absolute Gasteiger partial charge is 0.494 e. The number of ether oxygens (including phenoxy) is 3. The third kappa shape index (κ3) is 5.30. The van der Waals surface area contributed by atoms with E-state index in [1.165, 1.54) is 25.2 Å². The average Bonchev–Trinajstić information content (AvgIpc) is 3.06. The molecule has 0 spiro atoms. The van der Waals surface area contributed by atoms with Crippen LogP contribution >= 0.6 is 0 Å². The summed E-state index contributed by atoms with van der Waals surface area (Å²) in [7, 11) is 2.43. The highest BCUT2D eigenvalue weighted by Gasteiger charge is 2.29. The molecule has 2 aromatic carbocycles. The Labute approximate surface area is 191 Å². The van der Waals surface area contributed by atoms with E-state index in [2.05, 4.69) is 5.32 Å². The van der Waals surface area contributed by atoms with Crippen LogP contribution in [0.5, 0.6) is 5.75 Å². The molecule has 1 aliphatic rings. The lowest BCUT2D eigenvalue weighted by atomic mass is 10.1. The first-order valence-electron chi connectivity index (χ1n) is 10.2. The molecule has 8 nitrogen and oxygen atoms in total. The number of allylic oxidation sites excluding steroid dienone is 2. The molecule has 2 aromatic rings. The summed E-state index contributed by atoms with van der Waals surface area (Å²) in [4.78, 5) is 39.7. The van der Waals surface area contributed by atoms with E-state index in [0.717, 1.165) is 0 Å². The van der Waals surface area contributed by atoms with Gasteiger partial charge in [0.1, 0.15) is 11.4 Å². The minimum absolute atomic E-state index is 0.00558. The Kier molecular flexibility index (Phi) is 7.64. The van der Waals surface area contributed by atoms with Gasteiger partial charge < -0.3 is 24.4 Å². The Morgan fingerprint density at radius 3 is 2.42 bits per heavy atom. The summed E-state index contributed by atoms with van der Waals surface area (Å²) in [5.74, 6) is -1.25. The van der Waals surface area contributed by atoms with E-state index >= 15 is 0 Å². The summed E-state index contributed by atoms with van der Waals surface area (Å²) in [5.41, 5.74) is 1.11. The predicted molar refractivity (Wildman–Crippen MR) is 124 cm³/mol. The lowest BCUT2D eigenvalue weighted by molar-refractivity contribution is -0.139. The van der Waals surface area contributed by atoms with Crippen LogP contribution in [-0.4, -0.2) is 38.7 Å². The van der Waals surface area contributed by atoms with Gasteiger partial charge in [-0.05, 0) is 43.3 Å². The second kappa shape index (κ2) is 10.8. The van der Waals surface area contributed by atoms with E-state index < -0.39 is 17.8 Å². The van der Waals surface area contributed by atoms with Gasteiger partial charge in [0.2, 0.25) is 0 Å². The Bertz CT molecular complexity index is 1150. The molecule has 0 saturated heterocycles. The molecule has 1 N–H and O–H groups in total. The van der Waals surface area contributed by atoms with Crippen molar-refractivity contribution in [3.63, 3.8) is 0 Å². The quantitative estimate of drug-likeness (QED) is 0.644. The van der Waals surface area contributed by atoms with E-state index in [1.54, 1.807) is 66.9 Å². The number of carbonyl (C=O) groups excluding carboxylic acids is 3. The second-order valence-corrected chi connectivity index (χ2v) is 6.75. The van der Waals surface area contributed by atoms with E-state index in [1.807, 2.05) is 6.92 Å². The number of anilines is 2. The van der Waals surface area contributed by atoms with Crippen LogP contribution in [0.3, 0.4) is 0 Å². The molecule has 1 amide bonds. The number of benzene rings is 2. The van der Waals surface area contributed by atoms with Crippen LogP contribution in [0.2, 0.25) is 0 Å². The number of esters is 2. The smallest absolute Gasteiger partial charge is 0.355 e. The highest BCUT2D eigenvalue weighted by molar-refractivity contribution is 6.11. The zero-order valence-corrected chi connectivity index (χ0v) is 18.5. The Hall–Kier alpha value is -4.33. The maximum atomic E-state index is 13.2. The zero-order chi connectivity index (χ0) is 23.8. The van der Waals surface area contributed by atoms with Crippen molar-refractivity contribution in [2.75, 3.05) is 31.0 Å². The first-order valence-corrected chi connectivity index (χ1v) is 10.2. The topological polar surface area (TPSA) is 94.2 Å². The van der Waals surface area contributed by atoms with Gasteiger partial charge in [-0.25, -0.2) is 9.59 Å². The number of hydrogen-bond acceptors (Lipinski definition) is 7. The molecule has 0 radical (unpaired) electrons. The minimum Gasteiger partial charge on any atom is -0.494 e. The van der Waals surface area contributed by atoms with Gasteiger partial charge in [-0.1, -0.05) is 24.3 Å². The van der Waals surface area contributed by atoms with Crippen molar-refractivity contribution >= 4 is 29.2 Å². The Morgan fingerprint density at radius 1 is 0.939 bits per heavy atom. The maximum absolute atomic E-state index is 13.2. The number of nitrogens with one attached hydrogen (secondary N) is 1. The van der Waals surface area contributed by atoms with Crippen molar-refractivity contribution in [1.29, 1.82) is 0 Å². The predicted octanol–water partition coefficient (Wildman–Crippen LogP) is 3.83. The van der Waals surface area contributed by atoms with Gasteiger partial charge in [0.05, 0.1) is 37.7 Å². The first-order chi connectivity index (χ1) is 16.0. The number of carbonyl (C=O) groups is 3. The van der Waals surface area contributed by atoms with E-state index in [-0.39, 0.29) is 16.8 Å². The van der Waals surface area contributed by atoms with Crippen LogP contribution in [0.15, 0.2) is 84.2 Å². The molecule has 33 heavy (non-hydrogen) atoms. The normalized spacial score (nSPS) is 12.8. The molecular formula is C25H24N2O6. The average molecular weight is 448 g/mol. The fourth-order valence-corrected chi connectivity index (χ4v) is 3.26. The number of methoxy groups -OCH3 is 2. The van der Waals surface area contributed by atoms with Gasteiger partial charge >= 0.3 is 11.9 Å². The summed E-state index contributed by atoms with van der Waals surface area (Å²) in [6.45, 7) is 2.38. The summed E-state index contributed by atoms with van der Waals surface area (Å²) in [6, 6.07) is 13.7. The number of nitrogens with zero attached hydrogens (tertiary/aromatic N) is 1. The molecule has 8 heteroatoms. The Balaban J connectivity index is 2.05. The van der Waals surface area contributed by atoms with E-state index in [4.69, 9.17) is 14.2 Å². The van der Waals surface area contributed by atoms with Crippen molar-refractivity contribution in [2.24, 2.45) is 0 Å². The van der Waals surface area contributed by atoms with Crippen molar-refractivity contribution in [2.45, 2.75) is 6.92 Å². The third-order valence-corrected chi connectivity index (χ3v) is 4.70. The molecule has 1 aliphatic heterocycles. The minimum atomic E-state index is -0.758. The number of hydrogen-bond donors (Lipinski definition) is 1. The van der Waals surface area contributed by atoms with Crippen molar-refractivity contribution < 1.29 is 28.6 Å². The molecule has 0 fully saturated rings. The van der Waals surface area contributed by atoms with Gasteiger partial charge in [0.15, 0.2) is 0 Å². The van der Waals surface area contributed by atoms with Crippen LogP contribution in [0.25, 0.3) is 0 Å². The number of amides is 1. The molecule has 0 aromatic heterocycles. The molecule has 0 bridgehead atoms. The molecule has 0 saturated carbocycles. The second-order valence-electron chi connectivity index (χ2n) is 6.75. The standard InChI is InChI=1S/C25H24N2O6/c1-4-33-18-11-9-10-17(16-18)26-23(28)19-12-5-6-14-21(19)27-15-8-7-13-20(24(29)31-2)22(27)25(30)32-3/h5-16H,4H2,1-3H3,(H,26,28). The zero-order valence-electron chi connectivity index (χ0n) is 18.5. The maximum Gasteiger partial charge on any atom is 0.355 e. The first kappa shape index (κ1) is 23.3. The monoisotopic (exact) mass is 448 g/mol. The molecule has 0 aliphatic carbocycles. The van der Waals surface area contributed by atoms with Gasteiger partial charge in [0, 0.05) is 18.0 Å². The molecule has 170 valence electrons. The van der Waals surface area contributed by atoms with Gasteiger partial charge in [-0.2, -0.15) is 0 Å². The Morgan fingerprint density at radius 2 is 1.70 bits per heavy atom. The number of para-hydroxylation sites is 1. The molecule has 3 rings (SSSR count). The summed E-state index contributed by atoms with van der Waals surface area (Å²) in [5, 5.41) is 2.85. The van der Waals surface area contributed by atoms with E-state index in [9.17, 15) is 14.4 Å². The van der Waals surface area contributed by atoms with Crippen LogP contribution in [-0.2, 0) is 19.1 Å². The van der Waals surface area contributed by atoms with Crippen molar-refractivity contribution in [3.05, 3.63) is 89.8 Å². The fourth-order valence-electron chi connectivity index (χ4n) is 3.26. The number of rotatable bonds is 7. The van der Waals surface area contributed by atoms with Gasteiger partial charge in [-0.3, -0.25) is 4.79 Å². The highest BCUT2D eigenvalue weighted by Crippen LogP contribution is 2.30. The fraction of sp³-hybridized carbons (Fsp3) is 0.160. The van der Waals surface area contributed by atoms with Crippen LogP contribution in [0.1, 0.15) is 17.3 Å². The van der Waals surface area contributed by atoms with Gasteiger partial charge in [0.25, 0.3) is 5.91 Å². The lowest BCUT2D eigenvalue weighted by Gasteiger charge is -2.25. The summed E-state index contributed by atoms with van der Waals surface area (Å²) >= 11 is 0. The third-order valence-electron chi connectivity index (χ3n) is 4.70. The molecular weight excluding hydrogens is 424 g/mol. The van der Waals surface area contributed by atoms with E-state index in [0.29, 0.717) is 23.7 Å².